The van der Waals surface area contributed by atoms with Crippen molar-refractivity contribution < 1.29 is 4.79 Å². The number of carbonyl (C=O) groups is 1. The van der Waals surface area contributed by atoms with Crippen molar-refractivity contribution in [3.05, 3.63) is 16.6 Å². The van der Waals surface area contributed by atoms with E-state index >= 15 is 0 Å². The van der Waals surface area contributed by atoms with E-state index in [0.717, 1.165) is 25.7 Å². The summed E-state index contributed by atoms with van der Waals surface area (Å²) in [6.45, 7) is 6.87. The highest BCUT2D eigenvalue weighted by atomic mass is 32.1. The van der Waals surface area contributed by atoms with Gasteiger partial charge in [-0.2, -0.15) is 0 Å². The number of ketones is 1. The lowest BCUT2D eigenvalue weighted by molar-refractivity contribution is -0.126. The summed E-state index contributed by atoms with van der Waals surface area (Å²) in [6, 6.07) is 0. The van der Waals surface area contributed by atoms with Gasteiger partial charge in [-0.1, -0.05) is 20.8 Å². The van der Waals surface area contributed by atoms with Crippen molar-refractivity contribution in [2.45, 2.75) is 46.5 Å². The molecule has 17 heavy (non-hydrogen) atoms. The largest absolute Gasteiger partial charge is 0.299 e. The highest BCUT2D eigenvalue weighted by molar-refractivity contribution is 7.09. The standard InChI is InChI=1S/C14H21NOS/c1-14(2,3)11-4-5-13(16)10(6-11)7-12-8-15-9-17-12/h8-11H,4-7H2,1-3H3. The molecule has 1 heterocycles. The van der Waals surface area contributed by atoms with Gasteiger partial charge in [0.05, 0.1) is 5.51 Å². The van der Waals surface area contributed by atoms with Gasteiger partial charge in [0.15, 0.2) is 0 Å². The first kappa shape index (κ1) is 12.7. The molecule has 1 fully saturated rings. The van der Waals surface area contributed by atoms with Crippen LogP contribution in [0.25, 0.3) is 0 Å². The molecule has 0 radical (unpaired) electrons. The van der Waals surface area contributed by atoms with Gasteiger partial charge in [-0.15, -0.1) is 11.3 Å². The number of thiazole rings is 1. The lowest BCUT2D eigenvalue weighted by atomic mass is 9.68. The first-order valence-corrected chi connectivity index (χ1v) is 7.25. The smallest absolute Gasteiger partial charge is 0.136 e. The minimum absolute atomic E-state index is 0.230. The topological polar surface area (TPSA) is 30.0 Å². The van der Waals surface area contributed by atoms with Gasteiger partial charge in [0.2, 0.25) is 0 Å². The molecule has 0 N–H and O–H groups in total. The normalized spacial score (nSPS) is 26.2. The van der Waals surface area contributed by atoms with Gasteiger partial charge in [-0.05, 0) is 30.6 Å². The predicted molar refractivity (Wildman–Crippen MR) is 71.1 cm³/mol. The van der Waals surface area contributed by atoms with E-state index in [1.165, 1.54) is 4.88 Å². The molecule has 1 saturated carbocycles. The summed E-state index contributed by atoms with van der Waals surface area (Å²) in [5, 5.41) is 0. The van der Waals surface area contributed by atoms with Gasteiger partial charge in [-0.25, -0.2) is 0 Å². The summed E-state index contributed by atoms with van der Waals surface area (Å²) in [5.74, 6) is 1.37. The molecule has 2 unspecified atom stereocenters. The molecule has 3 heteroatoms. The van der Waals surface area contributed by atoms with Crippen molar-refractivity contribution in [1.82, 2.24) is 4.98 Å². The van der Waals surface area contributed by atoms with Crippen LogP contribution in [0.2, 0.25) is 0 Å². The summed E-state index contributed by atoms with van der Waals surface area (Å²) in [6.07, 6.45) is 5.70. The Balaban J connectivity index is 2.03. The Morgan fingerprint density at radius 3 is 2.82 bits per heavy atom. The third-order valence-electron chi connectivity index (χ3n) is 3.92. The van der Waals surface area contributed by atoms with Crippen LogP contribution in [-0.2, 0) is 11.2 Å². The number of hydrogen-bond acceptors (Lipinski definition) is 3. The Morgan fingerprint density at radius 2 is 2.24 bits per heavy atom. The van der Waals surface area contributed by atoms with Crippen molar-refractivity contribution in [2.24, 2.45) is 17.3 Å². The molecule has 2 rings (SSSR count). The highest BCUT2D eigenvalue weighted by Gasteiger charge is 2.34. The third kappa shape index (κ3) is 3.15. The summed E-state index contributed by atoms with van der Waals surface area (Å²) >= 11 is 1.66. The summed E-state index contributed by atoms with van der Waals surface area (Å²) < 4.78 is 0. The second-order valence-corrected chi connectivity index (χ2v) is 7.14. The van der Waals surface area contributed by atoms with E-state index in [4.69, 9.17) is 0 Å². The maximum Gasteiger partial charge on any atom is 0.136 e. The predicted octanol–water partition coefficient (Wildman–Crippen LogP) is 3.72. The van der Waals surface area contributed by atoms with E-state index < -0.39 is 0 Å². The molecule has 1 aliphatic carbocycles. The summed E-state index contributed by atoms with van der Waals surface area (Å²) in [7, 11) is 0. The Hall–Kier alpha value is -0.700. The molecule has 0 aliphatic heterocycles. The minimum atomic E-state index is 0.230. The van der Waals surface area contributed by atoms with Gasteiger partial charge in [0.1, 0.15) is 5.78 Å². The zero-order valence-corrected chi connectivity index (χ0v) is 11.7. The van der Waals surface area contributed by atoms with Crippen LogP contribution in [0.1, 0.15) is 44.9 Å². The van der Waals surface area contributed by atoms with Crippen LogP contribution < -0.4 is 0 Å². The molecule has 0 saturated heterocycles. The van der Waals surface area contributed by atoms with Crippen molar-refractivity contribution in [1.29, 1.82) is 0 Å². The maximum atomic E-state index is 12.0. The number of Topliss-reactive ketones (excluding diaryl/α,β-unsaturated/α-hetero) is 1. The number of nitrogens with zero attached hydrogens (tertiary/aromatic N) is 1. The summed E-state index contributed by atoms with van der Waals surface area (Å²) in [4.78, 5) is 17.3. The zero-order chi connectivity index (χ0) is 12.5. The molecule has 0 aromatic carbocycles. The summed E-state index contributed by atoms with van der Waals surface area (Å²) in [5.41, 5.74) is 2.18. The Labute approximate surface area is 107 Å². The van der Waals surface area contributed by atoms with Crippen molar-refractivity contribution in [3.63, 3.8) is 0 Å². The second kappa shape index (κ2) is 4.89. The van der Waals surface area contributed by atoms with Crippen molar-refractivity contribution >= 4 is 17.1 Å². The molecule has 0 amide bonds. The van der Waals surface area contributed by atoms with Crippen LogP contribution in [0.3, 0.4) is 0 Å². The Kier molecular flexibility index (Phi) is 3.67. The third-order valence-corrected chi connectivity index (χ3v) is 4.72. The minimum Gasteiger partial charge on any atom is -0.299 e. The SMILES string of the molecule is CC(C)(C)C1CCC(=O)C(Cc2cncs2)C1. The maximum absolute atomic E-state index is 12.0. The average Bonchev–Trinajstić information content (AvgIpc) is 2.72. The van der Waals surface area contributed by atoms with E-state index in [-0.39, 0.29) is 5.92 Å². The van der Waals surface area contributed by atoms with Crippen LogP contribution in [-0.4, -0.2) is 10.8 Å². The molecule has 0 bridgehead atoms. The van der Waals surface area contributed by atoms with E-state index in [1.54, 1.807) is 11.3 Å². The Morgan fingerprint density at radius 1 is 1.47 bits per heavy atom. The van der Waals surface area contributed by atoms with E-state index in [0.29, 0.717) is 17.1 Å². The number of rotatable bonds is 2. The highest BCUT2D eigenvalue weighted by Crippen LogP contribution is 2.40. The van der Waals surface area contributed by atoms with Crippen LogP contribution in [0, 0.1) is 17.3 Å². The van der Waals surface area contributed by atoms with Crippen LogP contribution in [0.5, 0.6) is 0 Å². The van der Waals surface area contributed by atoms with Crippen LogP contribution >= 0.6 is 11.3 Å². The van der Waals surface area contributed by atoms with Gasteiger partial charge in [0.25, 0.3) is 0 Å². The fraction of sp³-hybridized carbons (Fsp3) is 0.714. The fourth-order valence-corrected chi connectivity index (χ4v) is 3.36. The van der Waals surface area contributed by atoms with Crippen LogP contribution in [0.4, 0.5) is 0 Å². The monoisotopic (exact) mass is 251 g/mol. The van der Waals surface area contributed by atoms with Gasteiger partial charge >= 0.3 is 0 Å². The molecule has 94 valence electrons. The fourth-order valence-electron chi connectivity index (χ4n) is 2.68. The van der Waals surface area contributed by atoms with Crippen molar-refractivity contribution in [2.75, 3.05) is 0 Å². The molecule has 0 spiro atoms. The molecule has 1 aromatic heterocycles. The molecule has 1 aliphatic rings. The van der Waals surface area contributed by atoms with Crippen LogP contribution in [0.15, 0.2) is 11.7 Å². The average molecular weight is 251 g/mol. The molecule has 2 atom stereocenters. The first-order valence-electron chi connectivity index (χ1n) is 6.37. The second-order valence-electron chi connectivity index (χ2n) is 6.17. The number of hydrogen-bond donors (Lipinski definition) is 0. The lowest BCUT2D eigenvalue weighted by Gasteiger charge is -2.36. The van der Waals surface area contributed by atoms with Gasteiger partial charge < -0.3 is 0 Å². The molecule has 2 nitrogen and oxygen atoms in total. The molecular formula is C14H21NOS. The number of carbonyl (C=O) groups excluding carboxylic acids is 1. The first-order chi connectivity index (χ1) is 7.97. The lowest BCUT2D eigenvalue weighted by Crippen LogP contribution is -2.32. The quantitative estimate of drug-likeness (QED) is 0.802. The van der Waals surface area contributed by atoms with E-state index in [9.17, 15) is 4.79 Å². The van der Waals surface area contributed by atoms with Crippen molar-refractivity contribution in [3.8, 4) is 0 Å². The molecule has 1 aromatic rings. The van der Waals surface area contributed by atoms with Gasteiger partial charge in [-0.3, -0.25) is 9.78 Å². The molecular weight excluding hydrogens is 230 g/mol. The van der Waals surface area contributed by atoms with Gasteiger partial charge in [0, 0.05) is 23.4 Å². The number of aromatic nitrogens is 1. The van der Waals surface area contributed by atoms with E-state index in [2.05, 4.69) is 25.8 Å². The van der Waals surface area contributed by atoms with E-state index in [1.807, 2.05) is 11.7 Å². The Bertz CT molecular complexity index is 377. The zero-order valence-electron chi connectivity index (χ0n) is 10.9.